The number of thiophene rings is 1. The first-order valence-electron chi connectivity index (χ1n) is 5.39. The fourth-order valence-electron chi connectivity index (χ4n) is 2.33. The minimum atomic E-state index is -0.769. The van der Waals surface area contributed by atoms with Gasteiger partial charge in [-0.1, -0.05) is 23.2 Å². The molecular weight excluding hydrogens is 279 g/mol. The maximum atomic E-state index is 9.45. The Hall–Kier alpha value is -0.420. The van der Waals surface area contributed by atoms with Gasteiger partial charge in [0.05, 0.1) is 5.39 Å². The lowest BCUT2D eigenvalue weighted by Gasteiger charge is -2.23. The summed E-state index contributed by atoms with van der Waals surface area (Å²) in [7, 11) is 0. The van der Waals surface area contributed by atoms with Crippen LogP contribution in [0.1, 0.15) is 16.9 Å². The van der Waals surface area contributed by atoms with Crippen molar-refractivity contribution < 1.29 is 5.11 Å². The molecule has 2 aromatic heterocycles. The third-order valence-corrected chi connectivity index (χ3v) is 5.03. The van der Waals surface area contributed by atoms with Crippen LogP contribution in [0.15, 0.2) is 6.33 Å². The third kappa shape index (κ3) is 1.93. The van der Waals surface area contributed by atoms with Crippen LogP contribution in [0, 0.1) is 5.92 Å². The second-order valence-electron chi connectivity index (χ2n) is 4.22. The van der Waals surface area contributed by atoms with Crippen molar-refractivity contribution >= 4 is 44.8 Å². The molecule has 90 valence electrons. The molecule has 3 rings (SSSR count). The van der Waals surface area contributed by atoms with Gasteiger partial charge in [-0.05, 0) is 24.8 Å². The van der Waals surface area contributed by atoms with Crippen molar-refractivity contribution in [1.82, 2.24) is 9.97 Å². The van der Waals surface area contributed by atoms with E-state index < -0.39 is 5.56 Å². The second kappa shape index (κ2) is 4.35. The maximum absolute atomic E-state index is 9.45. The Morgan fingerprint density at radius 3 is 3.06 bits per heavy atom. The Morgan fingerprint density at radius 1 is 1.47 bits per heavy atom. The van der Waals surface area contributed by atoms with E-state index in [1.54, 1.807) is 11.3 Å². The van der Waals surface area contributed by atoms with Crippen molar-refractivity contribution in [2.75, 3.05) is 0 Å². The van der Waals surface area contributed by atoms with E-state index in [-0.39, 0.29) is 5.92 Å². The van der Waals surface area contributed by atoms with E-state index in [4.69, 9.17) is 23.2 Å². The molecule has 0 bridgehead atoms. The Kier molecular flexibility index (Phi) is 2.99. The zero-order valence-electron chi connectivity index (χ0n) is 8.86. The van der Waals surface area contributed by atoms with Crippen LogP contribution in [0.25, 0.3) is 10.2 Å². The number of nitrogens with zero attached hydrogens (tertiary/aromatic N) is 2. The molecule has 0 radical (unpaired) electrons. The van der Waals surface area contributed by atoms with Crippen molar-refractivity contribution in [3.05, 3.63) is 21.9 Å². The van der Waals surface area contributed by atoms with Gasteiger partial charge in [0, 0.05) is 10.8 Å². The predicted molar refractivity (Wildman–Crippen MR) is 69.8 cm³/mol. The summed E-state index contributed by atoms with van der Waals surface area (Å²) in [4.78, 5) is 10.4. The third-order valence-electron chi connectivity index (χ3n) is 3.23. The summed E-state index contributed by atoms with van der Waals surface area (Å²) in [5.74, 6) is 0.129. The van der Waals surface area contributed by atoms with Crippen molar-refractivity contribution in [1.29, 1.82) is 0 Å². The molecular formula is C11H10Cl2N2OS. The molecule has 17 heavy (non-hydrogen) atoms. The average molecular weight is 289 g/mol. The topological polar surface area (TPSA) is 46.0 Å². The van der Waals surface area contributed by atoms with Crippen LogP contribution in [0.3, 0.4) is 0 Å². The van der Waals surface area contributed by atoms with Gasteiger partial charge in [0.2, 0.25) is 0 Å². The summed E-state index contributed by atoms with van der Waals surface area (Å²) < 4.78 is 0. The van der Waals surface area contributed by atoms with Gasteiger partial charge in [-0.25, -0.2) is 9.97 Å². The first-order valence-corrected chi connectivity index (χ1v) is 7.03. The number of rotatable bonds is 1. The van der Waals surface area contributed by atoms with Crippen LogP contribution in [-0.4, -0.2) is 20.6 Å². The molecule has 2 unspecified atom stereocenters. The van der Waals surface area contributed by atoms with Crippen molar-refractivity contribution in [2.45, 2.75) is 24.8 Å². The monoisotopic (exact) mass is 288 g/mol. The van der Waals surface area contributed by atoms with Crippen molar-refractivity contribution in [3.63, 3.8) is 0 Å². The Labute approximate surface area is 112 Å². The van der Waals surface area contributed by atoms with E-state index in [9.17, 15) is 5.11 Å². The molecule has 1 aliphatic rings. The van der Waals surface area contributed by atoms with Crippen LogP contribution in [0.2, 0.25) is 5.15 Å². The summed E-state index contributed by atoms with van der Waals surface area (Å²) in [6.07, 6.45) is 4.06. The Balaban J connectivity index is 2.11. The smallest absolute Gasteiger partial charge is 0.141 e. The molecule has 1 aliphatic carbocycles. The van der Waals surface area contributed by atoms with Gasteiger partial charge in [-0.2, -0.15) is 0 Å². The molecule has 0 spiro atoms. The highest BCUT2D eigenvalue weighted by molar-refractivity contribution is 7.19. The number of aliphatic hydroxyl groups is 1. The molecule has 3 nitrogen and oxygen atoms in total. The molecule has 0 aromatic carbocycles. The van der Waals surface area contributed by atoms with Gasteiger partial charge < -0.3 is 5.11 Å². The highest BCUT2D eigenvalue weighted by Gasteiger charge is 2.27. The molecule has 0 fully saturated rings. The minimum absolute atomic E-state index is 0.129. The number of aromatic nitrogens is 2. The quantitative estimate of drug-likeness (QED) is 0.648. The molecule has 2 atom stereocenters. The first-order chi connectivity index (χ1) is 8.16. The van der Waals surface area contributed by atoms with Gasteiger partial charge in [-0.15, -0.1) is 11.3 Å². The van der Waals surface area contributed by atoms with E-state index in [1.807, 2.05) is 0 Å². The minimum Gasteiger partial charge on any atom is -0.377 e. The lowest BCUT2D eigenvalue weighted by Crippen LogP contribution is -2.21. The fourth-order valence-corrected chi connectivity index (χ4v) is 4.13. The summed E-state index contributed by atoms with van der Waals surface area (Å²) >= 11 is 13.5. The number of fused-ring (bicyclic) bond motifs is 3. The number of alkyl halides is 1. The standard InChI is InChI=1S/C11H10Cl2N2OS/c12-9-8-6-2-1-5(10(13)16)3-7(6)17-11(8)15-4-14-9/h4-5,10,16H,1-3H2. The van der Waals surface area contributed by atoms with E-state index >= 15 is 0 Å². The molecule has 1 N–H and O–H groups in total. The van der Waals surface area contributed by atoms with Gasteiger partial charge in [0.15, 0.2) is 0 Å². The van der Waals surface area contributed by atoms with Gasteiger partial charge >= 0.3 is 0 Å². The largest absolute Gasteiger partial charge is 0.377 e. The molecule has 2 aromatic rings. The lowest BCUT2D eigenvalue weighted by molar-refractivity contribution is 0.174. The van der Waals surface area contributed by atoms with Gasteiger partial charge in [0.1, 0.15) is 21.9 Å². The normalized spacial score (nSPS) is 21.5. The Morgan fingerprint density at radius 2 is 2.29 bits per heavy atom. The number of hydrogen-bond donors (Lipinski definition) is 1. The Bertz CT molecular complexity index is 570. The van der Waals surface area contributed by atoms with Crippen molar-refractivity contribution in [2.24, 2.45) is 5.92 Å². The SMILES string of the molecule is OC(Cl)C1CCc2c(sc3ncnc(Cl)c23)C1. The van der Waals surface area contributed by atoms with Crippen molar-refractivity contribution in [3.8, 4) is 0 Å². The van der Waals surface area contributed by atoms with Crippen LogP contribution in [0.4, 0.5) is 0 Å². The van der Waals surface area contributed by atoms with Crippen LogP contribution in [-0.2, 0) is 12.8 Å². The second-order valence-corrected chi connectivity index (χ2v) is 6.11. The van der Waals surface area contributed by atoms with Gasteiger partial charge in [-0.3, -0.25) is 0 Å². The average Bonchev–Trinajstić information content (AvgIpc) is 2.67. The summed E-state index contributed by atoms with van der Waals surface area (Å²) in [5, 5.41) is 11.0. The highest BCUT2D eigenvalue weighted by Crippen LogP contribution is 2.40. The lowest BCUT2D eigenvalue weighted by atomic mass is 9.88. The maximum Gasteiger partial charge on any atom is 0.141 e. The molecule has 6 heteroatoms. The summed E-state index contributed by atoms with van der Waals surface area (Å²) in [6, 6.07) is 0. The van der Waals surface area contributed by atoms with E-state index in [2.05, 4.69) is 9.97 Å². The summed E-state index contributed by atoms with van der Waals surface area (Å²) in [5.41, 5.74) is 0.471. The van der Waals surface area contributed by atoms with Crippen LogP contribution < -0.4 is 0 Å². The van der Waals surface area contributed by atoms with Crippen LogP contribution >= 0.6 is 34.5 Å². The molecule has 0 aliphatic heterocycles. The number of halogens is 2. The number of hydrogen-bond acceptors (Lipinski definition) is 4. The summed E-state index contributed by atoms with van der Waals surface area (Å²) in [6.45, 7) is 0. The zero-order chi connectivity index (χ0) is 12.0. The number of aliphatic hydroxyl groups excluding tert-OH is 1. The molecule has 0 amide bonds. The van der Waals surface area contributed by atoms with E-state index in [0.29, 0.717) is 5.15 Å². The number of aryl methyl sites for hydroxylation is 1. The first kappa shape index (κ1) is 11.7. The van der Waals surface area contributed by atoms with Crippen LogP contribution in [0.5, 0.6) is 0 Å². The fraction of sp³-hybridized carbons (Fsp3) is 0.455. The zero-order valence-corrected chi connectivity index (χ0v) is 11.2. The molecule has 2 heterocycles. The highest BCUT2D eigenvalue weighted by atomic mass is 35.5. The van der Waals surface area contributed by atoms with Gasteiger partial charge in [0.25, 0.3) is 0 Å². The van der Waals surface area contributed by atoms with E-state index in [0.717, 1.165) is 29.5 Å². The molecule has 0 saturated heterocycles. The molecule has 0 saturated carbocycles. The van der Waals surface area contributed by atoms with E-state index in [1.165, 1.54) is 16.8 Å². The predicted octanol–water partition coefficient (Wildman–Crippen LogP) is 3.01.